The van der Waals surface area contributed by atoms with Crippen LogP contribution < -0.4 is 20.5 Å². The molecule has 9 heteroatoms. The highest BCUT2D eigenvalue weighted by molar-refractivity contribution is 14.0. The third kappa shape index (κ3) is 6.81. The SMILES string of the molecule is COc1ccc(NC(N)=NCC2CCCC2NS(C)(=O)=O)cc1.I. The average molecular weight is 468 g/mol. The average Bonchev–Trinajstić information content (AvgIpc) is 2.91. The molecule has 7 nitrogen and oxygen atoms in total. The van der Waals surface area contributed by atoms with Crippen LogP contribution in [0.2, 0.25) is 0 Å². The van der Waals surface area contributed by atoms with Crippen LogP contribution in [0, 0.1) is 5.92 Å². The molecule has 0 aromatic heterocycles. The van der Waals surface area contributed by atoms with E-state index < -0.39 is 10.0 Å². The van der Waals surface area contributed by atoms with Crippen LogP contribution in [0.15, 0.2) is 29.3 Å². The fourth-order valence-corrected chi connectivity index (χ4v) is 3.62. The summed E-state index contributed by atoms with van der Waals surface area (Å²) in [6.07, 6.45) is 3.98. The first-order valence-corrected chi connectivity index (χ1v) is 9.45. The third-order valence-electron chi connectivity index (χ3n) is 3.88. The highest BCUT2D eigenvalue weighted by atomic mass is 127. The molecule has 24 heavy (non-hydrogen) atoms. The molecule has 0 heterocycles. The fraction of sp³-hybridized carbons (Fsp3) is 0.533. The van der Waals surface area contributed by atoms with Crippen LogP contribution in [0.1, 0.15) is 19.3 Å². The van der Waals surface area contributed by atoms with E-state index in [9.17, 15) is 8.42 Å². The van der Waals surface area contributed by atoms with Crippen LogP contribution >= 0.6 is 24.0 Å². The lowest BCUT2D eigenvalue weighted by Gasteiger charge is -2.18. The lowest BCUT2D eigenvalue weighted by atomic mass is 10.1. The number of benzene rings is 1. The van der Waals surface area contributed by atoms with Crippen molar-refractivity contribution in [3.05, 3.63) is 24.3 Å². The maximum atomic E-state index is 11.4. The van der Waals surface area contributed by atoms with Gasteiger partial charge >= 0.3 is 0 Å². The fourth-order valence-electron chi connectivity index (χ4n) is 2.76. The Balaban J connectivity index is 0.00000288. The highest BCUT2D eigenvalue weighted by Crippen LogP contribution is 2.26. The summed E-state index contributed by atoms with van der Waals surface area (Å²) in [7, 11) is -1.58. The van der Waals surface area contributed by atoms with Gasteiger partial charge in [0.15, 0.2) is 5.96 Å². The van der Waals surface area contributed by atoms with E-state index in [2.05, 4.69) is 15.0 Å². The largest absolute Gasteiger partial charge is 0.497 e. The molecule has 1 saturated carbocycles. The molecular formula is C15H25IN4O3S. The Labute approximate surface area is 160 Å². The van der Waals surface area contributed by atoms with Crippen molar-refractivity contribution in [1.82, 2.24) is 4.72 Å². The molecule has 0 bridgehead atoms. The molecule has 2 atom stereocenters. The van der Waals surface area contributed by atoms with Crippen molar-refractivity contribution in [1.29, 1.82) is 0 Å². The number of guanidine groups is 1. The van der Waals surface area contributed by atoms with E-state index in [-0.39, 0.29) is 35.9 Å². The molecule has 1 aliphatic rings. The van der Waals surface area contributed by atoms with Crippen LogP contribution in [-0.4, -0.2) is 40.3 Å². The molecule has 4 N–H and O–H groups in total. The second-order valence-corrected chi connectivity index (χ2v) is 7.55. The van der Waals surface area contributed by atoms with Gasteiger partial charge in [-0.05, 0) is 43.0 Å². The number of nitrogens with one attached hydrogen (secondary N) is 2. The number of hydrogen-bond donors (Lipinski definition) is 3. The Bertz CT molecular complexity index is 649. The maximum Gasteiger partial charge on any atom is 0.208 e. The van der Waals surface area contributed by atoms with Gasteiger partial charge in [0.2, 0.25) is 10.0 Å². The van der Waals surface area contributed by atoms with Crippen LogP contribution in [0.5, 0.6) is 5.75 Å². The Morgan fingerprint density at radius 1 is 1.33 bits per heavy atom. The lowest BCUT2D eigenvalue weighted by Crippen LogP contribution is -2.38. The third-order valence-corrected chi connectivity index (χ3v) is 4.61. The predicted molar refractivity (Wildman–Crippen MR) is 108 cm³/mol. The lowest BCUT2D eigenvalue weighted by molar-refractivity contribution is 0.415. The Hall–Kier alpha value is -1.07. The molecule has 1 aliphatic carbocycles. The minimum Gasteiger partial charge on any atom is -0.497 e. The van der Waals surface area contributed by atoms with Crippen molar-refractivity contribution in [2.45, 2.75) is 25.3 Å². The van der Waals surface area contributed by atoms with Crippen LogP contribution in [-0.2, 0) is 10.0 Å². The molecule has 1 fully saturated rings. The van der Waals surface area contributed by atoms with Crippen molar-refractivity contribution in [2.75, 3.05) is 25.2 Å². The highest BCUT2D eigenvalue weighted by Gasteiger charge is 2.29. The van der Waals surface area contributed by atoms with Crippen LogP contribution in [0.25, 0.3) is 0 Å². The Morgan fingerprint density at radius 3 is 2.58 bits per heavy atom. The summed E-state index contributed by atoms with van der Waals surface area (Å²) >= 11 is 0. The minimum atomic E-state index is -3.19. The molecule has 2 rings (SSSR count). The molecule has 1 aromatic rings. The second-order valence-electron chi connectivity index (χ2n) is 5.77. The number of hydrogen-bond acceptors (Lipinski definition) is 4. The molecule has 0 spiro atoms. The first-order valence-electron chi connectivity index (χ1n) is 7.55. The van der Waals surface area contributed by atoms with Crippen molar-refractivity contribution in [2.24, 2.45) is 16.6 Å². The number of ether oxygens (including phenoxy) is 1. The van der Waals surface area contributed by atoms with E-state index >= 15 is 0 Å². The molecule has 0 radical (unpaired) electrons. The monoisotopic (exact) mass is 468 g/mol. The summed E-state index contributed by atoms with van der Waals surface area (Å²) in [6, 6.07) is 7.31. The first-order chi connectivity index (χ1) is 10.9. The van der Waals surface area contributed by atoms with Gasteiger partial charge in [0, 0.05) is 18.3 Å². The van der Waals surface area contributed by atoms with Gasteiger partial charge in [0.25, 0.3) is 0 Å². The standard InChI is InChI=1S/C15H24N4O3S.HI/c1-22-13-8-6-12(7-9-13)18-15(16)17-10-11-4-3-5-14(11)19-23(2,20)21;/h6-9,11,14,19H,3-5,10H2,1-2H3,(H3,16,17,18);1H. The van der Waals surface area contributed by atoms with Gasteiger partial charge < -0.3 is 15.8 Å². The molecule has 136 valence electrons. The van der Waals surface area contributed by atoms with Crippen LogP contribution in [0.3, 0.4) is 0 Å². The molecule has 2 unspecified atom stereocenters. The van der Waals surface area contributed by atoms with E-state index in [1.165, 1.54) is 6.26 Å². The quantitative estimate of drug-likeness (QED) is 0.335. The summed E-state index contributed by atoms with van der Waals surface area (Å²) in [6.45, 7) is 0.502. The van der Waals surface area contributed by atoms with E-state index in [1.54, 1.807) is 7.11 Å². The number of anilines is 1. The summed E-state index contributed by atoms with van der Waals surface area (Å²) in [5.41, 5.74) is 6.72. The minimum absolute atomic E-state index is 0. The summed E-state index contributed by atoms with van der Waals surface area (Å²) in [4.78, 5) is 4.34. The molecule has 0 amide bonds. The van der Waals surface area contributed by atoms with Gasteiger partial charge in [-0.3, -0.25) is 4.99 Å². The smallest absolute Gasteiger partial charge is 0.208 e. The summed E-state index contributed by atoms with van der Waals surface area (Å²) in [5, 5.41) is 3.01. The number of nitrogens with two attached hydrogens (primary N) is 1. The topological polar surface area (TPSA) is 106 Å². The number of sulfonamides is 1. The van der Waals surface area contributed by atoms with E-state index in [4.69, 9.17) is 10.5 Å². The summed E-state index contributed by atoms with van der Waals surface area (Å²) in [5.74, 6) is 1.27. The molecule has 1 aromatic carbocycles. The second kappa shape index (κ2) is 9.42. The zero-order valence-electron chi connectivity index (χ0n) is 13.9. The number of rotatable bonds is 6. The van der Waals surface area contributed by atoms with Crippen molar-refractivity contribution >= 4 is 45.6 Å². The van der Waals surface area contributed by atoms with Crippen molar-refractivity contribution in [3.63, 3.8) is 0 Å². The normalized spacial score (nSPS) is 21.2. The van der Waals surface area contributed by atoms with Gasteiger partial charge in [-0.25, -0.2) is 13.1 Å². The van der Waals surface area contributed by atoms with E-state index in [1.807, 2.05) is 24.3 Å². The van der Waals surface area contributed by atoms with Gasteiger partial charge in [-0.15, -0.1) is 24.0 Å². The van der Waals surface area contributed by atoms with Crippen LogP contribution in [0.4, 0.5) is 5.69 Å². The number of methoxy groups -OCH3 is 1. The molecule has 0 aliphatic heterocycles. The molecular weight excluding hydrogens is 443 g/mol. The first kappa shape index (κ1) is 21.0. The Kier molecular flexibility index (Phi) is 8.23. The van der Waals surface area contributed by atoms with Gasteiger partial charge in [0.1, 0.15) is 5.75 Å². The number of halogens is 1. The van der Waals surface area contributed by atoms with Crippen molar-refractivity contribution < 1.29 is 13.2 Å². The maximum absolute atomic E-state index is 11.4. The number of nitrogens with zero attached hydrogens (tertiary/aromatic N) is 1. The Morgan fingerprint density at radius 2 is 2.00 bits per heavy atom. The van der Waals surface area contributed by atoms with Gasteiger partial charge in [0.05, 0.1) is 13.4 Å². The van der Waals surface area contributed by atoms with Crippen molar-refractivity contribution in [3.8, 4) is 5.75 Å². The van der Waals surface area contributed by atoms with Gasteiger partial charge in [-0.2, -0.15) is 0 Å². The number of aliphatic imine (C=N–C) groups is 1. The molecule has 0 saturated heterocycles. The zero-order chi connectivity index (χ0) is 16.9. The summed E-state index contributed by atoms with van der Waals surface area (Å²) < 4.78 is 30.5. The van der Waals surface area contributed by atoms with E-state index in [0.29, 0.717) is 12.5 Å². The van der Waals surface area contributed by atoms with Gasteiger partial charge in [-0.1, -0.05) is 6.42 Å². The zero-order valence-corrected chi connectivity index (χ0v) is 17.0. The predicted octanol–water partition coefficient (Wildman–Crippen LogP) is 1.76. The van der Waals surface area contributed by atoms with E-state index in [0.717, 1.165) is 30.7 Å².